The molecule has 1 aromatic carbocycles. The van der Waals surface area contributed by atoms with Crippen molar-refractivity contribution in [3.8, 4) is 0 Å². The number of amides is 1. The first-order valence-corrected chi connectivity index (χ1v) is 3.99. The minimum atomic E-state index is -0.984. The van der Waals surface area contributed by atoms with E-state index in [1.165, 1.54) is 6.07 Å². The van der Waals surface area contributed by atoms with Crippen molar-refractivity contribution in [1.29, 1.82) is 0 Å². The second-order valence-electron chi connectivity index (χ2n) is 2.95. The number of hydrogen-bond donors (Lipinski definition) is 2. The summed E-state index contributed by atoms with van der Waals surface area (Å²) >= 11 is 0. The smallest absolute Gasteiger partial charge is 0.219 e. The molecule has 4 N–H and O–H groups in total. The fourth-order valence-corrected chi connectivity index (χ4v) is 1.08. The normalized spacial score (nSPS) is 12.5. The molecule has 0 heterocycles. The van der Waals surface area contributed by atoms with Crippen LogP contribution in [0.25, 0.3) is 0 Å². The van der Waals surface area contributed by atoms with E-state index in [2.05, 4.69) is 0 Å². The van der Waals surface area contributed by atoms with Gasteiger partial charge in [0.25, 0.3) is 0 Å². The zero-order valence-electron chi connectivity index (χ0n) is 7.34. The molecule has 3 nitrogen and oxygen atoms in total. The van der Waals surface area contributed by atoms with Crippen LogP contribution in [0.3, 0.4) is 0 Å². The maximum absolute atomic E-state index is 12.7. The maximum atomic E-state index is 12.7. The molecule has 14 heavy (non-hydrogen) atoms. The first-order chi connectivity index (χ1) is 6.50. The topological polar surface area (TPSA) is 69.1 Å². The van der Waals surface area contributed by atoms with Crippen molar-refractivity contribution in [2.45, 2.75) is 12.5 Å². The minimum absolute atomic E-state index is 0.0922. The van der Waals surface area contributed by atoms with Crippen LogP contribution in [0, 0.1) is 11.6 Å². The van der Waals surface area contributed by atoms with Crippen molar-refractivity contribution < 1.29 is 13.6 Å². The van der Waals surface area contributed by atoms with Gasteiger partial charge >= 0.3 is 0 Å². The molecule has 0 unspecified atom stereocenters. The van der Waals surface area contributed by atoms with Gasteiger partial charge in [0.1, 0.15) is 0 Å². The fourth-order valence-electron chi connectivity index (χ4n) is 1.08. The highest BCUT2D eigenvalue weighted by molar-refractivity contribution is 5.74. The summed E-state index contributed by atoms with van der Waals surface area (Å²) < 4.78 is 25.2. The van der Waals surface area contributed by atoms with Crippen molar-refractivity contribution in [1.82, 2.24) is 0 Å². The molecule has 0 saturated heterocycles. The summed E-state index contributed by atoms with van der Waals surface area (Å²) in [5.41, 5.74) is 10.8. The summed E-state index contributed by atoms with van der Waals surface area (Å²) in [6.07, 6.45) is -0.0922. The third-order valence-electron chi connectivity index (χ3n) is 1.79. The molecule has 0 radical (unpaired) electrons. The van der Waals surface area contributed by atoms with Crippen LogP contribution >= 0.6 is 0 Å². The predicted molar refractivity (Wildman–Crippen MR) is 47.1 cm³/mol. The highest BCUT2D eigenvalue weighted by Crippen LogP contribution is 2.16. The third-order valence-corrected chi connectivity index (χ3v) is 1.79. The summed E-state index contributed by atoms with van der Waals surface area (Å²) in [7, 11) is 0. The second-order valence-corrected chi connectivity index (χ2v) is 2.95. The molecule has 0 saturated carbocycles. The van der Waals surface area contributed by atoms with Crippen LogP contribution in [0.2, 0.25) is 0 Å². The number of benzene rings is 1. The van der Waals surface area contributed by atoms with E-state index in [0.29, 0.717) is 5.56 Å². The van der Waals surface area contributed by atoms with Crippen LogP contribution in [-0.4, -0.2) is 5.91 Å². The van der Waals surface area contributed by atoms with Gasteiger partial charge in [0, 0.05) is 12.5 Å². The second kappa shape index (κ2) is 4.15. The summed E-state index contributed by atoms with van der Waals surface area (Å²) in [4.78, 5) is 10.5. The molecule has 0 fully saturated rings. The van der Waals surface area contributed by atoms with Gasteiger partial charge in [-0.05, 0) is 17.7 Å². The number of primary amides is 1. The average Bonchev–Trinajstić information content (AvgIpc) is 2.08. The van der Waals surface area contributed by atoms with E-state index < -0.39 is 23.6 Å². The molecule has 76 valence electrons. The molecule has 0 spiro atoms. The predicted octanol–water partition coefficient (Wildman–Crippen LogP) is 0.840. The summed E-state index contributed by atoms with van der Waals surface area (Å²) in [5, 5.41) is 0. The van der Waals surface area contributed by atoms with Gasteiger partial charge in [-0.1, -0.05) is 6.07 Å². The number of hydrogen-bond acceptors (Lipinski definition) is 2. The molecule has 1 aromatic rings. The Labute approximate surface area is 79.7 Å². The highest BCUT2D eigenvalue weighted by atomic mass is 19.2. The molecule has 1 rings (SSSR count). The lowest BCUT2D eigenvalue weighted by Gasteiger charge is -2.09. The van der Waals surface area contributed by atoms with Crippen molar-refractivity contribution >= 4 is 5.91 Å². The molecule has 0 aliphatic heterocycles. The summed E-state index contributed by atoms with van der Waals surface area (Å²) in [5.74, 6) is -2.51. The van der Waals surface area contributed by atoms with Gasteiger partial charge < -0.3 is 11.5 Å². The van der Waals surface area contributed by atoms with E-state index in [0.717, 1.165) is 12.1 Å². The zero-order chi connectivity index (χ0) is 10.7. The molecule has 1 amide bonds. The van der Waals surface area contributed by atoms with Gasteiger partial charge in [0.05, 0.1) is 0 Å². The van der Waals surface area contributed by atoms with Crippen molar-refractivity contribution in [3.05, 3.63) is 35.4 Å². The Kier molecular flexibility index (Phi) is 3.14. The van der Waals surface area contributed by atoms with Gasteiger partial charge in [-0.2, -0.15) is 0 Å². The van der Waals surface area contributed by atoms with Gasteiger partial charge in [0.2, 0.25) is 5.91 Å². The number of carbonyl (C=O) groups excluding carboxylic acids is 1. The van der Waals surface area contributed by atoms with Crippen LogP contribution in [-0.2, 0) is 4.79 Å². The quantitative estimate of drug-likeness (QED) is 0.759. The first-order valence-electron chi connectivity index (χ1n) is 3.99. The standard InChI is InChI=1S/C9H10F2N2O/c10-6-2-1-5(3-7(6)11)8(12)4-9(13)14/h1-3,8H,4,12H2,(H2,13,14)/t8-/m1/s1. The lowest BCUT2D eigenvalue weighted by atomic mass is 10.0. The van der Waals surface area contributed by atoms with E-state index in [4.69, 9.17) is 11.5 Å². The minimum Gasteiger partial charge on any atom is -0.370 e. The van der Waals surface area contributed by atoms with Gasteiger partial charge in [0.15, 0.2) is 11.6 Å². The Bertz CT molecular complexity index is 355. The SMILES string of the molecule is NC(=O)C[C@@H](N)c1ccc(F)c(F)c1. The highest BCUT2D eigenvalue weighted by Gasteiger charge is 2.11. The number of nitrogens with two attached hydrogens (primary N) is 2. The molecule has 1 atom stereocenters. The monoisotopic (exact) mass is 200 g/mol. The lowest BCUT2D eigenvalue weighted by molar-refractivity contribution is -0.118. The molecule has 5 heteroatoms. The van der Waals surface area contributed by atoms with Crippen LogP contribution < -0.4 is 11.5 Å². The van der Waals surface area contributed by atoms with Crippen molar-refractivity contribution in [2.75, 3.05) is 0 Å². The Morgan fingerprint density at radius 1 is 1.36 bits per heavy atom. The zero-order valence-corrected chi connectivity index (χ0v) is 7.34. The molecular formula is C9H10F2N2O. The first kappa shape index (κ1) is 10.6. The summed E-state index contributed by atoms with van der Waals surface area (Å²) in [6.45, 7) is 0. The Balaban J connectivity index is 2.85. The third kappa shape index (κ3) is 2.50. The Morgan fingerprint density at radius 3 is 2.50 bits per heavy atom. The maximum Gasteiger partial charge on any atom is 0.219 e. The van der Waals surface area contributed by atoms with Crippen LogP contribution in [0.4, 0.5) is 8.78 Å². The van der Waals surface area contributed by atoms with E-state index in [1.807, 2.05) is 0 Å². The Hall–Kier alpha value is -1.49. The Morgan fingerprint density at radius 2 is 2.00 bits per heavy atom. The van der Waals surface area contributed by atoms with Gasteiger partial charge in [-0.25, -0.2) is 8.78 Å². The van der Waals surface area contributed by atoms with Crippen LogP contribution in [0.5, 0.6) is 0 Å². The van der Waals surface area contributed by atoms with Crippen LogP contribution in [0.1, 0.15) is 18.0 Å². The average molecular weight is 200 g/mol. The van der Waals surface area contributed by atoms with E-state index in [-0.39, 0.29) is 6.42 Å². The fraction of sp³-hybridized carbons (Fsp3) is 0.222. The number of rotatable bonds is 3. The van der Waals surface area contributed by atoms with E-state index in [9.17, 15) is 13.6 Å². The van der Waals surface area contributed by atoms with Crippen molar-refractivity contribution in [3.63, 3.8) is 0 Å². The lowest BCUT2D eigenvalue weighted by Crippen LogP contribution is -2.20. The van der Waals surface area contributed by atoms with E-state index in [1.54, 1.807) is 0 Å². The molecule has 0 bridgehead atoms. The van der Waals surface area contributed by atoms with Gasteiger partial charge in [-0.3, -0.25) is 4.79 Å². The van der Waals surface area contributed by atoms with Gasteiger partial charge in [-0.15, -0.1) is 0 Å². The molecule has 0 aromatic heterocycles. The summed E-state index contributed by atoms with van der Waals surface area (Å²) in [6, 6.07) is 2.56. The number of halogens is 2. The van der Waals surface area contributed by atoms with Crippen molar-refractivity contribution in [2.24, 2.45) is 11.5 Å². The van der Waals surface area contributed by atoms with E-state index >= 15 is 0 Å². The molecular weight excluding hydrogens is 190 g/mol. The largest absolute Gasteiger partial charge is 0.370 e. The molecule has 0 aliphatic carbocycles. The molecule has 0 aliphatic rings. The number of carbonyl (C=O) groups is 1. The van der Waals surface area contributed by atoms with Crippen LogP contribution in [0.15, 0.2) is 18.2 Å².